The highest BCUT2D eigenvalue weighted by molar-refractivity contribution is 5.07. The topological polar surface area (TPSA) is 17.8 Å². The molecule has 2 rings (SSSR count). The molecule has 0 unspecified atom stereocenters. The van der Waals surface area contributed by atoms with Gasteiger partial charge in [0.25, 0.3) is 0 Å². The predicted molar refractivity (Wildman–Crippen MR) is 49.1 cm³/mol. The summed E-state index contributed by atoms with van der Waals surface area (Å²) in [7, 11) is 0. The van der Waals surface area contributed by atoms with Crippen molar-refractivity contribution in [3.05, 3.63) is 17.7 Å². The number of hydrogen-bond donors (Lipinski definition) is 0. The van der Waals surface area contributed by atoms with Crippen molar-refractivity contribution in [2.75, 3.05) is 0 Å². The van der Waals surface area contributed by atoms with Crippen molar-refractivity contribution in [1.29, 1.82) is 0 Å². The summed E-state index contributed by atoms with van der Waals surface area (Å²) in [6.45, 7) is 5.69. The number of hydrogen-bond acceptors (Lipinski definition) is 1. The third kappa shape index (κ3) is 1.15. The van der Waals surface area contributed by atoms with E-state index in [9.17, 15) is 0 Å². The molecule has 0 N–H and O–H groups in total. The lowest BCUT2D eigenvalue weighted by Gasteiger charge is -2.21. The lowest BCUT2D eigenvalue weighted by Crippen LogP contribution is -2.18. The van der Waals surface area contributed by atoms with Crippen molar-refractivity contribution < 1.29 is 0 Å². The second-order valence-electron chi connectivity index (χ2n) is 3.77. The SMILES string of the molecule is CCc1cnc2n1CC[C@@H](C)C2. The molecule has 1 aromatic heterocycles. The molecule has 0 saturated carbocycles. The average Bonchev–Trinajstić information content (AvgIpc) is 2.46. The quantitative estimate of drug-likeness (QED) is 0.621. The van der Waals surface area contributed by atoms with Gasteiger partial charge in [-0.2, -0.15) is 0 Å². The second kappa shape index (κ2) is 2.92. The summed E-state index contributed by atoms with van der Waals surface area (Å²) in [5.41, 5.74) is 1.40. The van der Waals surface area contributed by atoms with Gasteiger partial charge < -0.3 is 4.57 Å². The smallest absolute Gasteiger partial charge is 0.109 e. The molecule has 1 aliphatic heterocycles. The molecule has 0 radical (unpaired) electrons. The zero-order valence-electron chi connectivity index (χ0n) is 7.88. The Morgan fingerprint density at radius 3 is 3.25 bits per heavy atom. The van der Waals surface area contributed by atoms with Crippen LogP contribution in [0.15, 0.2) is 6.20 Å². The van der Waals surface area contributed by atoms with Crippen LogP contribution in [-0.2, 0) is 19.4 Å². The van der Waals surface area contributed by atoms with Crippen LogP contribution < -0.4 is 0 Å². The summed E-state index contributed by atoms with van der Waals surface area (Å²) in [5.74, 6) is 2.12. The van der Waals surface area contributed by atoms with Crippen LogP contribution in [0.1, 0.15) is 31.8 Å². The molecule has 0 aliphatic carbocycles. The normalized spacial score (nSPS) is 22.3. The highest BCUT2D eigenvalue weighted by Gasteiger charge is 2.17. The Morgan fingerprint density at radius 1 is 1.67 bits per heavy atom. The van der Waals surface area contributed by atoms with Crippen LogP contribution >= 0.6 is 0 Å². The van der Waals surface area contributed by atoms with E-state index in [0.29, 0.717) is 0 Å². The van der Waals surface area contributed by atoms with Gasteiger partial charge in [-0.25, -0.2) is 4.98 Å². The average molecular weight is 164 g/mol. The minimum atomic E-state index is 0.824. The van der Waals surface area contributed by atoms with Gasteiger partial charge in [0.1, 0.15) is 5.82 Å². The van der Waals surface area contributed by atoms with Crippen molar-refractivity contribution in [3.8, 4) is 0 Å². The first-order chi connectivity index (χ1) is 5.81. The Balaban J connectivity index is 2.32. The van der Waals surface area contributed by atoms with Crippen LogP contribution in [0, 0.1) is 5.92 Å². The van der Waals surface area contributed by atoms with Gasteiger partial charge in [-0.1, -0.05) is 13.8 Å². The Labute approximate surface area is 73.6 Å². The van der Waals surface area contributed by atoms with E-state index in [1.54, 1.807) is 0 Å². The minimum Gasteiger partial charge on any atom is -0.332 e. The fourth-order valence-electron chi connectivity index (χ4n) is 1.94. The maximum atomic E-state index is 4.44. The van der Waals surface area contributed by atoms with E-state index in [-0.39, 0.29) is 0 Å². The van der Waals surface area contributed by atoms with E-state index in [1.165, 1.54) is 30.9 Å². The number of imidazole rings is 1. The zero-order valence-corrected chi connectivity index (χ0v) is 7.88. The number of nitrogens with zero attached hydrogens (tertiary/aromatic N) is 2. The molecule has 0 aromatic carbocycles. The van der Waals surface area contributed by atoms with Crippen molar-refractivity contribution >= 4 is 0 Å². The molecule has 0 bridgehead atoms. The number of aromatic nitrogens is 2. The Kier molecular flexibility index (Phi) is 1.91. The molecule has 1 aromatic rings. The van der Waals surface area contributed by atoms with Crippen LogP contribution in [0.3, 0.4) is 0 Å². The fraction of sp³-hybridized carbons (Fsp3) is 0.700. The van der Waals surface area contributed by atoms with Gasteiger partial charge in [0.15, 0.2) is 0 Å². The van der Waals surface area contributed by atoms with E-state index in [0.717, 1.165) is 12.3 Å². The predicted octanol–water partition coefficient (Wildman–Crippen LogP) is 2.03. The first-order valence-corrected chi connectivity index (χ1v) is 4.84. The lowest BCUT2D eigenvalue weighted by atomic mass is 10.0. The fourth-order valence-corrected chi connectivity index (χ4v) is 1.94. The monoisotopic (exact) mass is 164 g/mol. The Hall–Kier alpha value is -0.790. The molecular weight excluding hydrogens is 148 g/mol. The molecule has 0 amide bonds. The summed E-state index contributed by atoms with van der Waals surface area (Å²) < 4.78 is 2.39. The molecule has 2 heteroatoms. The highest BCUT2D eigenvalue weighted by atomic mass is 15.1. The van der Waals surface area contributed by atoms with Crippen molar-refractivity contribution in [2.24, 2.45) is 5.92 Å². The van der Waals surface area contributed by atoms with E-state index in [4.69, 9.17) is 0 Å². The van der Waals surface area contributed by atoms with Crippen LogP contribution in [0.4, 0.5) is 0 Å². The molecule has 0 fully saturated rings. The van der Waals surface area contributed by atoms with E-state index in [2.05, 4.69) is 23.4 Å². The van der Waals surface area contributed by atoms with Gasteiger partial charge in [-0.15, -0.1) is 0 Å². The lowest BCUT2D eigenvalue weighted by molar-refractivity contribution is 0.403. The van der Waals surface area contributed by atoms with Crippen molar-refractivity contribution in [3.63, 3.8) is 0 Å². The molecule has 1 atom stereocenters. The number of fused-ring (bicyclic) bond motifs is 1. The summed E-state index contributed by atoms with van der Waals surface area (Å²) >= 11 is 0. The standard InChI is InChI=1S/C10H16N2/c1-3-9-7-11-10-6-8(2)4-5-12(9)10/h7-8H,3-6H2,1-2H3/t8-/m1/s1. The van der Waals surface area contributed by atoms with Gasteiger partial charge >= 0.3 is 0 Å². The summed E-state index contributed by atoms with van der Waals surface area (Å²) in [6.07, 6.45) is 5.63. The van der Waals surface area contributed by atoms with Crippen molar-refractivity contribution in [1.82, 2.24) is 9.55 Å². The van der Waals surface area contributed by atoms with E-state index >= 15 is 0 Å². The number of aryl methyl sites for hydroxylation is 1. The Bertz CT molecular complexity index is 275. The molecule has 2 heterocycles. The van der Waals surface area contributed by atoms with Gasteiger partial charge in [-0.3, -0.25) is 0 Å². The van der Waals surface area contributed by atoms with Crippen LogP contribution in [0.5, 0.6) is 0 Å². The molecular formula is C10H16N2. The first kappa shape index (κ1) is 7.84. The summed E-state index contributed by atoms with van der Waals surface area (Å²) in [5, 5.41) is 0. The zero-order chi connectivity index (χ0) is 8.55. The van der Waals surface area contributed by atoms with Crippen LogP contribution in [0.25, 0.3) is 0 Å². The largest absolute Gasteiger partial charge is 0.332 e. The van der Waals surface area contributed by atoms with E-state index in [1.807, 2.05) is 6.20 Å². The third-order valence-corrected chi connectivity index (χ3v) is 2.76. The van der Waals surface area contributed by atoms with Crippen LogP contribution in [0.2, 0.25) is 0 Å². The molecule has 12 heavy (non-hydrogen) atoms. The molecule has 0 saturated heterocycles. The van der Waals surface area contributed by atoms with Gasteiger partial charge in [0.05, 0.1) is 0 Å². The highest BCUT2D eigenvalue weighted by Crippen LogP contribution is 2.20. The summed E-state index contributed by atoms with van der Waals surface area (Å²) in [6, 6.07) is 0. The molecule has 0 spiro atoms. The van der Waals surface area contributed by atoms with Crippen molar-refractivity contribution in [2.45, 2.75) is 39.7 Å². The van der Waals surface area contributed by atoms with E-state index < -0.39 is 0 Å². The maximum Gasteiger partial charge on any atom is 0.109 e. The van der Waals surface area contributed by atoms with Crippen LogP contribution in [-0.4, -0.2) is 9.55 Å². The first-order valence-electron chi connectivity index (χ1n) is 4.84. The minimum absolute atomic E-state index is 0.824. The maximum absolute atomic E-state index is 4.44. The second-order valence-corrected chi connectivity index (χ2v) is 3.77. The molecule has 1 aliphatic rings. The Morgan fingerprint density at radius 2 is 2.50 bits per heavy atom. The number of rotatable bonds is 1. The molecule has 66 valence electrons. The molecule has 2 nitrogen and oxygen atoms in total. The van der Waals surface area contributed by atoms with Gasteiger partial charge in [0, 0.05) is 24.9 Å². The summed E-state index contributed by atoms with van der Waals surface area (Å²) in [4.78, 5) is 4.44. The third-order valence-electron chi connectivity index (χ3n) is 2.76. The van der Waals surface area contributed by atoms with Gasteiger partial charge in [0.2, 0.25) is 0 Å². The van der Waals surface area contributed by atoms with Gasteiger partial charge in [-0.05, 0) is 18.8 Å².